The van der Waals surface area contributed by atoms with E-state index < -0.39 is 0 Å². The normalized spacial score (nSPS) is 12.8. The summed E-state index contributed by atoms with van der Waals surface area (Å²) < 4.78 is 13.9. The van der Waals surface area contributed by atoms with Gasteiger partial charge in [0.1, 0.15) is 5.82 Å². The predicted octanol–water partition coefficient (Wildman–Crippen LogP) is 5.35. The molecule has 1 unspecified atom stereocenters. The van der Waals surface area contributed by atoms with Crippen LogP contribution in [-0.2, 0) is 6.42 Å². The molecule has 0 heterocycles. The number of halogens is 2. The van der Waals surface area contributed by atoms with Gasteiger partial charge >= 0.3 is 0 Å². The van der Waals surface area contributed by atoms with Crippen LogP contribution in [0.25, 0.3) is 0 Å². The molecule has 1 aromatic rings. The molecule has 0 radical (unpaired) electrons. The standard InChI is InChI=1S/C14H20BrF/c1-3-5-6-11(4-2)9-12-7-8-13(15)14(16)10-12/h7-8,10-11H,3-6,9H2,1-2H3. The van der Waals surface area contributed by atoms with Crippen LogP contribution in [0.15, 0.2) is 22.7 Å². The summed E-state index contributed by atoms with van der Waals surface area (Å²) in [6, 6.07) is 5.47. The molecule has 0 aromatic heterocycles. The highest BCUT2D eigenvalue weighted by Crippen LogP contribution is 2.22. The van der Waals surface area contributed by atoms with E-state index >= 15 is 0 Å². The van der Waals surface area contributed by atoms with Crippen molar-refractivity contribution in [2.75, 3.05) is 0 Å². The molecule has 0 bridgehead atoms. The lowest BCUT2D eigenvalue weighted by molar-refractivity contribution is 0.448. The molecule has 1 aromatic carbocycles. The number of hydrogen-bond acceptors (Lipinski definition) is 0. The van der Waals surface area contributed by atoms with Crippen LogP contribution in [0.2, 0.25) is 0 Å². The Bertz CT molecular complexity index is 323. The third kappa shape index (κ3) is 4.25. The summed E-state index contributed by atoms with van der Waals surface area (Å²) in [6.07, 6.45) is 5.95. The zero-order chi connectivity index (χ0) is 12.0. The van der Waals surface area contributed by atoms with Gasteiger partial charge in [-0.2, -0.15) is 0 Å². The first-order chi connectivity index (χ1) is 7.67. The maximum absolute atomic E-state index is 13.3. The molecule has 0 aliphatic carbocycles. The van der Waals surface area contributed by atoms with Crippen molar-refractivity contribution in [1.82, 2.24) is 0 Å². The maximum Gasteiger partial charge on any atom is 0.137 e. The molecule has 1 rings (SSSR count). The van der Waals surface area contributed by atoms with Gasteiger partial charge in [0, 0.05) is 0 Å². The summed E-state index contributed by atoms with van der Waals surface area (Å²) in [7, 11) is 0. The van der Waals surface area contributed by atoms with Gasteiger partial charge in [-0.1, -0.05) is 45.6 Å². The van der Waals surface area contributed by atoms with Crippen molar-refractivity contribution in [3.63, 3.8) is 0 Å². The molecule has 0 saturated carbocycles. The lowest BCUT2D eigenvalue weighted by atomic mass is 9.92. The molecule has 0 spiro atoms. The molecule has 90 valence electrons. The highest BCUT2D eigenvalue weighted by Gasteiger charge is 2.08. The number of benzene rings is 1. The fraction of sp³-hybridized carbons (Fsp3) is 0.571. The van der Waals surface area contributed by atoms with Gasteiger partial charge in [0.2, 0.25) is 0 Å². The Morgan fingerprint density at radius 2 is 2.06 bits per heavy atom. The highest BCUT2D eigenvalue weighted by molar-refractivity contribution is 9.10. The van der Waals surface area contributed by atoms with Crippen molar-refractivity contribution in [2.24, 2.45) is 5.92 Å². The van der Waals surface area contributed by atoms with Gasteiger partial charge in [0.25, 0.3) is 0 Å². The van der Waals surface area contributed by atoms with Gasteiger partial charge in [-0.25, -0.2) is 4.39 Å². The molecular weight excluding hydrogens is 267 g/mol. The second kappa shape index (κ2) is 7.05. The lowest BCUT2D eigenvalue weighted by Gasteiger charge is -2.14. The summed E-state index contributed by atoms with van der Waals surface area (Å²) in [5, 5.41) is 0. The molecule has 0 fully saturated rings. The molecule has 0 aliphatic rings. The Hall–Kier alpha value is -0.370. The van der Waals surface area contributed by atoms with E-state index in [2.05, 4.69) is 29.8 Å². The fourth-order valence-electron chi connectivity index (χ4n) is 1.94. The molecule has 0 nitrogen and oxygen atoms in total. The van der Waals surface area contributed by atoms with Crippen molar-refractivity contribution >= 4 is 15.9 Å². The monoisotopic (exact) mass is 286 g/mol. The summed E-state index contributed by atoms with van der Waals surface area (Å²) >= 11 is 3.18. The smallest absolute Gasteiger partial charge is 0.137 e. The largest absolute Gasteiger partial charge is 0.206 e. The van der Waals surface area contributed by atoms with E-state index in [4.69, 9.17) is 0 Å². The number of rotatable bonds is 6. The van der Waals surface area contributed by atoms with Crippen LogP contribution in [0.1, 0.15) is 45.1 Å². The van der Waals surface area contributed by atoms with E-state index in [1.54, 1.807) is 12.1 Å². The zero-order valence-electron chi connectivity index (χ0n) is 10.1. The molecule has 16 heavy (non-hydrogen) atoms. The van der Waals surface area contributed by atoms with Gasteiger partial charge in [-0.15, -0.1) is 0 Å². The third-order valence-corrected chi connectivity index (χ3v) is 3.69. The van der Waals surface area contributed by atoms with E-state index in [0.29, 0.717) is 10.4 Å². The van der Waals surface area contributed by atoms with Gasteiger partial charge in [-0.3, -0.25) is 0 Å². The quantitative estimate of drug-likeness (QED) is 0.662. The van der Waals surface area contributed by atoms with Crippen molar-refractivity contribution in [2.45, 2.75) is 46.0 Å². The summed E-state index contributed by atoms with van der Waals surface area (Å²) in [6.45, 7) is 4.43. The van der Waals surface area contributed by atoms with E-state index in [0.717, 1.165) is 12.0 Å². The summed E-state index contributed by atoms with van der Waals surface area (Å²) in [5.74, 6) is 0.545. The first kappa shape index (κ1) is 13.7. The minimum absolute atomic E-state index is 0.150. The Morgan fingerprint density at radius 1 is 1.31 bits per heavy atom. The first-order valence-electron chi connectivity index (χ1n) is 6.11. The molecular formula is C14H20BrF. The summed E-state index contributed by atoms with van der Waals surface area (Å²) in [4.78, 5) is 0. The van der Waals surface area contributed by atoms with Gasteiger partial charge in [-0.05, 0) is 46.0 Å². The Labute approximate surface area is 106 Å². The zero-order valence-corrected chi connectivity index (χ0v) is 11.7. The SMILES string of the molecule is CCCCC(CC)Cc1ccc(Br)c(F)c1. The Kier molecular flexibility index (Phi) is 6.04. The van der Waals surface area contributed by atoms with Crippen molar-refractivity contribution < 1.29 is 4.39 Å². The van der Waals surface area contributed by atoms with Crippen molar-refractivity contribution in [3.8, 4) is 0 Å². The fourth-order valence-corrected chi connectivity index (χ4v) is 2.19. The lowest BCUT2D eigenvalue weighted by Crippen LogP contribution is -2.03. The average molecular weight is 287 g/mol. The second-order valence-electron chi connectivity index (χ2n) is 4.37. The Morgan fingerprint density at radius 3 is 2.62 bits per heavy atom. The molecule has 1 atom stereocenters. The highest BCUT2D eigenvalue weighted by atomic mass is 79.9. The van der Waals surface area contributed by atoms with Crippen LogP contribution >= 0.6 is 15.9 Å². The van der Waals surface area contributed by atoms with Gasteiger partial charge in [0.05, 0.1) is 4.47 Å². The number of hydrogen-bond donors (Lipinski definition) is 0. The van der Waals surface area contributed by atoms with Crippen LogP contribution in [0.3, 0.4) is 0 Å². The minimum Gasteiger partial charge on any atom is -0.206 e. The van der Waals surface area contributed by atoms with Crippen LogP contribution in [0.4, 0.5) is 4.39 Å². The second-order valence-corrected chi connectivity index (χ2v) is 5.22. The van der Waals surface area contributed by atoms with Crippen LogP contribution < -0.4 is 0 Å². The molecule has 0 N–H and O–H groups in total. The topological polar surface area (TPSA) is 0 Å². The van der Waals surface area contributed by atoms with Gasteiger partial charge in [0.15, 0.2) is 0 Å². The van der Waals surface area contributed by atoms with Crippen LogP contribution in [-0.4, -0.2) is 0 Å². The van der Waals surface area contributed by atoms with E-state index in [1.165, 1.54) is 25.7 Å². The summed E-state index contributed by atoms with van der Waals surface area (Å²) in [5.41, 5.74) is 1.11. The van der Waals surface area contributed by atoms with Crippen molar-refractivity contribution in [3.05, 3.63) is 34.1 Å². The maximum atomic E-state index is 13.3. The molecule has 0 aliphatic heterocycles. The van der Waals surface area contributed by atoms with E-state index in [9.17, 15) is 4.39 Å². The first-order valence-corrected chi connectivity index (χ1v) is 6.90. The Balaban J connectivity index is 2.59. The average Bonchev–Trinajstić information content (AvgIpc) is 2.29. The van der Waals surface area contributed by atoms with E-state index in [1.807, 2.05) is 6.07 Å². The third-order valence-electron chi connectivity index (χ3n) is 3.05. The molecule has 2 heteroatoms. The van der Waals surface area contributed by atoms with Crippen LogP contribution in [0.5, 0.6) is 0 Å². The molecule has 0 amide bonds. The number of unbranched alkanes of at least 4 members (excludes halogenated alkanes) is 1. The predicted molar refractivity (Wildman–Crippen MR) is 71.1 cm³/mol. The molecule has 0 saturated heterocycles. The van der Waals surface area contributed by atoms with Gasteiger partial charge < -0.3 is 0 Å². The van der Waals surface area contributed by atoms with Crippen LogP contribution in [0, 0.1) is 11.7 Å². The van der Waals surface area contributed by atoms with E-state index in [-0.39, 0.29) is 5.82 Å². The minimum atomic E-state index is -0.150. The van der Waals surface area contributed by atoms with Crippen molar-refractivity contribution in [1.29, 1.82) is 0 Å².